The Morgan fingerprint density at radius 2 is 1.92 bits per heavy atom. The molecule has 1 aromatic carbocycles. The van der Waals surface area contributed by atoms with E-state index in [1.165, 1.54) is 35.3 Å². The number of carboxylic acid groups (broad SMARTS) is 1. The van der Waals surface area contributed by atoms with Crippen LogP contribution in [0.4, 0.5) is 4.79 Å². The number of nitrogens with one attached hydrogen (secondary N) is 2. The zero-order valence-corrected chi connectivity index (χ0v) is 23.3. The summed E-state index contributed by atoms with van der Waals surface area (Å²) in [6.07, 6.45) is 6.64. The lowest BCUT2D eigenvalue weighted by Gasteiger charge is -2.20. The average molecular weight is 588 g/mol. The molecule has 38 heavy (non-hydrogen) atoms. The van der Waals surface area contributed by atoms with E-state index in [1.807, 2.05) is 0 Å². The number of aliphatic hydroxyl groups excluding tert-OH is 2. The quantitative estimate of drug-likeness (QED) is 0.142. The molecule has 208 valence electrons. The zero-order chi connectivity index (χ0) is 28.5. The van der Waals surface area contributed by atoms with Crippen molar-refractivity contribution in [2.75, 3.05) is 38.6 Å². The Balaban J connectivity index is 2.01. The number of aryl methyl sites for hydroxylation is 1. The van der Waals surface area contributed by atoms with Crippen molar-refractivity contribution >= 4 is 48.3 Å². The fourth-order valence-corrected chi connectivity index (χ4v) is 5.81. The molecule has 3 amide bonds. The highest BCUT2D eigenvalue weighted by molar-refractivity contribution is 7.63. The minimum Gasteiger partial charge on any atom is -0.508 e. The predicted molar refractivity (Wildman–Crippen MR) is 148 cm³/mol. The lowest BCUT2D eigenvalue weighted by molar-refractivity contribution is -0.139. The molecule has 1 unspecified atom stereocenters. The van der Waals surface area contributed by atoms with Gasteiger partial charge in [0.2, 0.25) is 0 Å². The molecule has 13 heteroatoms. The molecular formula is C25H32Cl2N3O7P. The topological polar surface area (TPSA) is 156 Å². The van der Waals surface area contributed by atoms with Crippen LogP contribution in [0.15, 0.2) is 48.8 Å². The predicted octanol–water partition coefficient (Wildman–Crippen LogP) is 3.67. The van der Waals surface area contributed by atoms with Gasteiger partial charge in [-0.05, 0) is 49.4 Å². The number of β-amino-alcohol motifs (C(OH)–C–C–N with tert-alkyl or cyclic N) is 1. The lowest BCUT2D eigenvalue weighted by Crippen LogP contribution is -2.50. The molecule has 0 spiro atoms. The first-order valence-electron chi connectivity index (χ1n) is 11.8. The second-order valence-electron chi connectivity index (χ2n) is 9.05. The maximum absolute atomic E-state index is 12.9. The van der Waals surface area contributed by atoms with Crippen LogP contribution in [-0.4, -0.2) is 88.9 Å². The van der Waals surface area contributed by atoms with Crippen LogP contribution < -0.4 is 10.6 Å². The summed E-state index contributed by atoms with van der Waals surface area (Å²) in [6.45, 7) is 5.23. The monoisotopic (exact) mass is 587 g/mol. The summed E-state index contributed by atoms with van der Waals surface area (Å²) in [5.74, 6) is -2.22. The van der Waals surface area contributed by atoms with Crippen molar-refractivity contribution in [2.45, 2.75) is 25.0 Å². The van der Waals surface area contributed by atoms with Gasteiger partial charge in [0.05, 0.1) is 35.4 Å². The van der Waals surface area contributed by atoms with Crippen LogP contribution in [0.25, 0.3) is 0 Å². The van der Waals surface area contributed by atoms with Gasteiger partial charge in [-0.1, -0.05) is 41.9 Å². The number of rotatable bonds is 12. The minimum absolute atomic E-state index is 0.0116. The number of urea groups is 1. The number of benzene rings is 1. The number of nitrogens with zero attached hydrogens (tertiary/aromatic N) is 1. The van der Waals surface area contributed by atoms with Crippen molar-refractivity contribution in [1.82, 2.24) is 15.5 Å². The highest BCUT2D eigenvalue weighted by Crippen LogP contribution is 2.42. The van der Waals surface area contributed by atoms with Gasteiger partial charge in [-0.3, -0.25) is 4.79 Å². The summed E-state index contributed by atoms with van der Waals surface area (Å²) in [6, 6.07) is 0.995. The van der Waals surface area contributed by atoms with E-state index in [-0.39, 0.29) is 40.6 Å². The van der Waals surface area contributed by atoms with E-state index in [0.29, 0.717) is 31.1 Å². The van der Waals surface area contributed by atoms with Gasteiger partial charge in [0.25, 0.3) is 5.91 Å². The summed E-state index contributed by atoms with van der Waals surface area (Å²) in [7, 11) is -2.64. The number of amides is 3. The number of hydrogen-bond acceptors (Lipinski definition) is 6. The first-order chi connectivity index (χ1) is 17.8. The van der Waals surface area contributed by atoms with Gasteiger partial charge in [0.1, 0.15) is 11.8 Å². The first kappa shape index (κ1) is 31.4. The van der Waals surface area contributed by atoms with E-state index < -0.39 is 37.2 Å². The van der Waals surface area contributed by atoms with Crippen molar-refractivity contribution in [3.05, 3.63) is 69.9 Å². The van der Waals surface area contributed by atoms with Crippen LogP contribution >= 0.6 is 30.3 Å². The van der Waals surface area contributed by atoms with Gasteiger partial charge in [-0.2, -0.15) is 0 Å². The third kappa shape index (κ3) is 9.83. The third-order valence-electron chi connectivity index (χ3n) is 5.80. The molecule has 1 fully saturated rings. The smallest absolute Gasteiger partial charge is 0.328 e. The Morgan fingerprint density at radius 3 is 2.47 bits per heavy atom. The van der Waals surface area contributed by atoms with E-state index >= 15 is 0 Å². The molecule has 0 aliphatic carbocycles. The second-order valence-corrected chi connectivity index (χ2v) is 13.3. The standard InChI is InChI=1S/C25H32Cl2N3O7P/c1-3-4-5-17(31)8-11-38(2,37)10-7-16-12-19(26)22(20(27)13-16)23(33)29-21(24(34)35)14-28-25(36)30-9-6-18(32)15-30/h3-5,8,12-13,18,21,31-32H,1,6-7,9-11,14-15H2,2H3,(H,28,36)(H,29,33)(H,34,35)/b5-4-,17-8+/t18-,21-,38?/m0/s1. The molecule has 0 radical (unpaired) electrons. The zero-order valence-electron chi connectivity index (χ0n) is 20.9. The maximum atomic E-state index is 12.9. The number of carboxylic acids is 1. The molecule has 10 nitrogen and oxygen atoms in total. The van der Waals surface area contributed by atoms with E-state index in [4.69, 9.17) is 23.2 Å². The molecule has 1 heterocycles. The fraction of sp³-hybridized carbons (Fsp3) is 0.400. The molecule has 1 saturated heterocycles. The second kappa shape index (κ2) is 14.4. The van der Waals surface area contributed by atoms with Crippen molar-refractivity contribution in [3.63, 3.8) is 0 Å². The van der Waals surface area contributed by atoms with E-state index in [0.717, 1.165) is 0 Å². The molecule has 3 atom stereocenters. The van der Waals surface area contributed by atoms with Crippen LogP contribution in [0.3, 0.4) is 0 Å². The maximum Gasteiger partial charge on any atom is 0.328 e. The SMILES string of the molecule is C=C/C=C\C(O)=C/CP(C)(=O)CCc1cc(Cl)c(C(=O)N[C@@H](CNC(=O)N2CC[C@H](O)C2)C(=O)O)c(Cl)c1. The first-order valence-corrected chi connectivity index (χ1v) is 15.1. The van der Waals surface area contributed by atoms with Gasteiger partial charge >= 0.3 is 12.0 Å². The molecule has 0 saturated carbocycles. The van der Waals surface area contributed by atoms with Crippen LogP contribution in [0, 0.1) is 0 Å². The lowest BCUT2D eigenvalue weighted by atomic mass is 10.1. The number of hydrogen-bond donors (Lipinski definition) is 5. The van der Waals surface area contributed by atoms with E-state index in [1.54, 1.807) is 12.7 Å². The van der Waals surface area contributed by atoms with Crippen LogP contribution in [0.2, 0.25) is 10.0 Å². The van der Waals surface area contributed by atoms with E-state index in [9.17, 15) is 34.3 Å². The molecule has 1 aliphatic rings. The molecule has 5 N–H and O–H groups in total. The molecule has 1 aliphatic heterocycles. The van der Waals surface area contributed by atoms with Crippen molar-refractivity contribution in [2.24, 2.45) is 0 Å². The van der Waals surface area contributed by atoms with Gasteiger partial charge in [0.15, 0.2) is 0 Å². The molecule has 1 aromatic rings. The Labute approximate surface area is 231 Å². The summed E-state index contributed by atoms with van der Waals surface area (Å²) in [5, 5.41) is 33.5. The number of aliphatic carboxylic acids is 1. The van der Waals surface area contributed by atoms with Crippen LogP contribution in [0.5, 0.6) is 0 Å². The minimum atomic E-state index is -2.64. The van der Waals surface area contributed by atoms with Crippen molar-refractivity contribution in [1.29, 1.82) is 0 Å². The number of aliphatic hydroxyl groups is 2. The summed E-state index contributed by atoms with van der Waals surface area (Å²) in [4.78, 5) is 38.0. The average Bonchev–Trinajstić information content (AvgIpc) is 3.28. The highest BCUT2D eigenvalue weighted by Gasteiger charge is 2.28. The largest absolute Gasteiger partial charge is 0.508 e. The fourth-order valence-electron chi connectivity index (χ4n) is 3.62. The molecule has 0 bridgehead atoms. The Morgan fingerprint density at radius 1 is 1.26 bits per heavy atom. The molecular weight excluding hydrogens is 556 g/mol. The number of halogens is 2. The number of likely N-dealkylation sites (tertiary alicyclic amines) is 1. The normalized spacial score (nSPS) is 18.2. The van der Waals surface area contributed by atoms with Crippen molar-refractivity contribution < 1.29 is 34.3 Å². The molecule has 0 aromatic heterocycles. The summed E-state index contributed by atoms with van der Waals surface area (Å²) >= 11 is 12.6. The number of allylic oxidation sites excluding steroid dienone is 4. The highest BCUT2D eigenvalue weighted by atomic mass is 35.5. The third-order valence-corrected chi connectivity index (χ3v) is 8.52. The van der Waals surface area contributed by atoms with Gasteiger partial charge in [-0.25, -0.2) is 9.59 Å². The van der Waals surface area contributed by atoms with E-state index in [2.05, 4.69) is 17.2 Å². The van der Waals surface area contributed by atoms with Crippen LogP contribution in [-0.2, 0) is 15.8 Å². The Kier molecular flexibility index (Phi) is 11.9. The Hall–Kier alpha value is -2.78. The van der Waals surface area contributed by atoms with Gasteiger partial charge in [-0.15, -0.1) is 0 Å². The van der Waals surface area contributed by atoms with Gasteiger partial charge < -0.3 is 35.4 Å². The van der Waals surface area contributed by atoms with Crippen molar-refractivity contribution in [3.8, 4) is 0 Å². The Bertz CT molecular complexity index is 1150. The molecule has 2 rings (SSSR count). The summed E-state index contributed by atoms with van der Waals surface area (Å²) in [5.41, 5.74) is 0.507. The van der Waals surface area contributed by atoms with Crippen LogP contribution in [0.1, 0.15) is 22.3 Å². The number of carbonyl (C=O) groups is 3. The summed E-state index contributed by atoms with van der Waals surface area (Å²) < 4.78 is 12.9. The van der Waals surface area contributed by atoms with Gasteiger partial charge in [0, 0.05) is 25.4 Å². The number of carbonyl (C=O) groups excluding carboxylic acids is 2.